The predicted molar refractivity (Wildman–Crippen MR) is 481 cm³/mol. The highest BCUT2D eigenvalue weighted by atomic mass is 16.3. The molecule has 0 spiro atoms. The molecular formula is C103H176O8. The number of aliphatic hydroxyl groups excluding tert-OH is 4. The molecule has 0 aromatic carbocycles. The van der Waals surface area contributed by atoms with E-state index in [-0.39, 0.29) is 36.1 Å². The summed E-state index contributed by atoms with van der Waals surface area (Å²) in [6.45, 7) is 40.9. The molecule has 636 valence electrons. The first-order chi connectivity index (χ1) is 52.9. The Balaban J connectivity index is 0.000000653. The SMILES string of the molecule is CC(C)=CCC/C(C)=C/CC/C(C)=C/CC1CCCC1=O.CC(C)=CCC/C(C)=C/CC/C(C)=C/CC1CCCC1O.CC/C=C\CCC1CC(=O)C=C(C)C1.CC1=CC(O)CC(CC(C)C)C1.CCCCCC1C(=O)CCC1CC(C)=O.CCCCCC1CC(C)=CC(O)C1.CCCCCCCC1CC(C)=CC(O)C1. The Morgan fingerprint density at radius 2 is 0.901 bits per heavy atom. The second kappa shape index (κ2) is 64.8. The van der Waals surface area contributed by atoms with Crippen LogP contribution in [-0.4, -0.2) is 68.0 Å². The van der Waals surface area contributed by atoms with Crippen molar-refractivity contribution in [3.63, 3.8) is 0 Å². The zero-order valence-electron chi connectivity index (χ0n) is 75.7. The highest BCUT2D eigenvalue weighted by Crippen LogP contribution is 2.37. The van der Waals surface area contributed by atoms with E-state index in [4.69, 9.17) is 0 Å². The van der Waals surface area contributed by atoms with Crippen LogP contribution < -0.4 is 0 Å². The first-order valence-electron chi connectivity index (χ1n) is 45.9. The van der Waals surface area contributed by atoms with E-state index in [1.807, 2.05) is 18.2 Å². The van der Waals surface area contributed by atoms with Crippen LogP contribution in [0.5, 0.6) is 0 Å². The minimum atomic E-state index is -0.178. The zero-order chi connectivity index (χ0) is 82.9. The fourth-order valence-corrected chi connectivity index (χ4v) is 17.5. The molecule has 7 aliphatic carbocycles. The molecule has 8 heteroatoms. The highest BCUT2D eigenvalue weighted by molar-refractivity contribution is 5.91. The Kier molecular flexibility index (Phi) is 61.1. The second-order valence-electron chi connectivity index (χ2n) is 36.7. The van der Waals surface area contributed by atoms with Gasteiger partial charge in [0.25, 0.3) is 0 Å². The summed E-state index contributed by atoms with van der Waals surface area (Å²) in [4.78, 5) is 45.6. The van der Waals surface area contributed by atoms with Crippen molar-refractivity contribution >= 4 is 23.1 Å². The maximum atomic E-state index is 11.6. The highest BCUT2D eigenvalue weighted by Gasteiger charge is 2.34. The molecule has 0 radical (unpaired) electrons. The number of hydrogen-bond acceptors (Lipinski definition) is 8. The van der Waals surface area contributed by atoms with Crippen molar-refractivity contribution in [1.82, 2.24) is 0 Å². The first kappa shape index (κ1) is 105. The number of Topliss-reactive ketones (excluding diaryl/α,β-unsaturated/α-hetero) is 3. The molecule has 3 saturated carbocycles. The molecule has 111 heavy (non-hydrogen) atoms. The summed E-state index contributed by atoms with van der Waals surface area (Å²) >= 11 is 0. The van der Waals surface area contributed by atoms with Gasteiger partial charge in [0.2, 0.25) is 0 Å². The number of allylic oxidation sites excluding steroid dienone is 19. The molecule has 0 aromatic rings. The van der Waals surface area contributed by atoms with Gasteiger partial charge >= 0.3 is 0 Å². The summed E-state index contributed by atoms with van der Waals surface area (Å²) < 4.78 is 0. The Labute approximate surface area is 685 Å². The molecule has 0 amide bonds. The van der Waals surface area contributed by atoms with Crippen LogP contribution in [0, 0.1) is 53.3 Å². The van der Waals surface area contributed by atoms with Crippen molar-refractivity contribution in [2.24, 2.45) is 53.3 Å². The molecule has 4 N–H and O–H groups in total. The fraction of sp³-hybridized carbons (Fsp3) is 0.748. The lowest BCUT2D eigenvalue weighted by Gasteiger charge is -2.25. The van der Waals surface area contributed by atoms with E-state index in [0.717, 1.165) is 159 Å². The van der Waals surface area contributed by atoms with E-state index in [1.54, 1.807) is 13.0 Å². The molecule has 12 unspecified atom stereocenters. The van der Waals surface area contributed by atoms with Crippen LogP contribution in [0.3, 0.4) is 0 Å². The lowest BCUT2D eigenvalue weighted by Crippen LogP contribution is -2.18. The number of ketones is 4. The topological polar surface area (TPSA) is 149 Å². The van der Waals surface area contributed by atoms with E-state index >= 15 is 0 Å². The normalized spacial score (nSPS) is 24.8. The second-order valence-corrected chi connectivity index (χ2v) is 36.7. The lowest BCUT2D eigenvalue weighted by molar-refractivity contribution is -0.122. The molecule has 7 rings (SSSR count). The van der Waals surface area contributed by atoms with Gasteiger partial charge in [-0.1, -0.05) is 254 Å². The minimum Gasteiger partial charge on any atom is -0.393 e. The van der Waals surface area contributed by atoms with Gasteiger partial charge in [-0.15, -0.1) is 0 Å². The van der Waals surface area contributed by atoms with Crippen molar-refractivity contribution in [1.29, 1.82) is 0 Å². The van der Waals surface area contributed by atoms with Gasteiger partial charge in [-0.25, -0.2) is 0 Å². The summed E-state index contributed by atoms with van der Waals surface area (Å²) in [6.07, 6.45) is 76.7. The minimum absolute atomic E-state index is 0.0498. The van der Waals surface area contributed by atoms with Crippen molar-refractivity contribution in [2.75, 3.05) is 0 Å². The fourth-order valence-electron chi connectivity index (χ4n) is 17.5. The number of hydrogen-bond donors (Lipinski definition) is 4. The van der Waals surface area contributed by atoms with Gasteiger partial charge in [-0.3, -0.25) is 14.4 Å². The molecule has 3 fully saturated rings. The number of carbonyl (C=O) groups excluding carboxylic acids is 4. The van der Waals surface area contributed by atoms with Gasteiger partial charge in [-0.05, 0) is 311 Å². The Morgan fingerprint density at radius 1 is 0.441 bits per heavy atom. The molecular weight excluding hydrogens is 1370 g/mol. The third-order valence-corrected chi connectivity index (χ3v) is 23.6. The summed E-state index contributed by atoms with van der Waals surface area (Å²) in [5, 5.41) is 38.5. The monoisotopic (exact) mass is 1540 g/mol. The maximum absolute atomic E-state index is 11.6. The van der Waals surface area contributed by atoms with Gasteiger partial charge in [0.1, 0.15) is 17.3 Å². The van der Waals surface area contributed by atoms with Gasteiger partial charge < -0.3 is 25.2 Å². The van der Waals surface area contributed by atoms with E-state index in [9.17, 15) is 39.6 Å². The van der Waals surface area contributed by atoms with E-state index < -0.39 is 0 Å². The third-order valence-electron chi connectivity index (χ3n) is 23.6. The third kappa shape index (κ3) is 56.6. The number of carbonyl (C=O) groups is 4. The first-order valence-corrected chi connectivity index (χ1v) is 45.9. The molecule has 8 nitrogen and oxygen atoms in total. The number of unbranched alkanes of at least 4 members (excludes halogenated alkanes) is 8. The molecule has 0 bridgehead atoms. The summed E-state index contributed by atoms with van der Waals surface area (Å²) in [7, 11) is 0. The van der Waals surface area contributed by atoms with Crippen LogP contribution >= 0.6 is 0 Å². The summed E-state index contributed by atoms with van der Waals surface area (Å²) in [5.41, 5.74) is 14.1. The van der Waals surface area contributed by atoms with Crippen molar-refractivity contribution < 1.29 is 39.6 Å². The van der Waals surface area contributed by atoms with Crippen molar-refractivity contribution in [3.8, 4) is 0 Å². The predicted octanol–water partition coefficient (Wildman–Crippen LogP) is 29.0. The Hall–Kier alpha value is -4.34. The maximum Gasteiger partial charge on any atom is 0.155 e. The summed E-state index contributed by atoms with van der Waals surface area (Å²) in [6, 6.07) is 0. The quantitative estimate of drug-likeness (QED) is 0.0353. The van der Waals surface area contributed by atoms with E-state index in [1.165, 1.54) is 191 Å². The van der Waals surface area contributed by atoms with Gasteiger partial charge in [0.15, 0.2) is 5.78 Å². The average Bonchev–Trinajstić information content (AvgIpc) is 1.83. The molecule has 0 aromatic heterocycles. The van der Waals surface area contributed by atoms with Crippen LogP contribution in [0.1, 0.15) is 420 Å². The van der Waals surface area contributed by atoms with Crippen LogP contribution in [0.4, 0.5) is 0 Å². The van der Waals surface area contributed by atoms with Crippen LogP contribution in [0.25, 0.3) is 0 Å². The molecule has 0 saturated heterocycles. The number of rotatable bonds is 38. The Morgan fingerprint density at radius 3 is 1.35 bits per heavy atom. The van der Waals surface area contributed by atoms with Gasteiger partial charge in [0, 0.05) is 37.5 Å². The van der Waals surface area contributed by atoms with Crippen LogP contribution in [0.2, 0.25) is 0 Å². The summed E-state index contributed by atoms with van der Waals surface area (Å²) in [5.74, 6) is 6.36. The molecule has 0 aliphatic heterocycles. The van der Waals surface area contributed by atoms with Crippen LogP contribution in [0.15, 0.2) is 129 Å². The Bertz CT molecular complexity index is 2880. The molecule has 7 aliphatic rings. The standard InChI is InChI=1S/C20H34O.C20H32O.C14H26O.C13H22O2.C13H20O.C12H22O.C11H20O/c2*1-16(2)8-5-9-17(3)10-6-11-18(4)14-15-19-12-7-13-20(19)21;1-3-4-5-6-7-8-13-9-12(2)10-14(15)11-13;1-3-4-5-6-12-11(9-10(2)14)7-8-13(12)15;1-3-4-5-6-7-12-8-11(2)9-13(14)10-12;1-3-4-5-6-11-7-10(2)8-12(13)9-11;1-8(2)4-10-5-9(3)6-11(12)7-10/h8,10,14,19-21H,5-7,9,11-13,15H2,1-4H3;8,10,14,19H,5-7,9,11-13,15H2,1-4H3;10,13-15H,3-9,11H2,1-2H3;11-12H,3-9H2,1-2H3;4-5,9,12H,3,6-8,10H2,1-2H3;8,11-13H,3-7,9H2,1-2H3;6,8,10-12H,4-5,7H2,1-3H3/b2*17-10+,18-14+;;;5-4-;;. The van der Waals surface area contributed by atoms with Gasteiger partial charge in [0.05, 0.1) is 24.4 Å². The average molecular weight is 1540 g/mol. The molecule has 12 atom stereocenters. The van der Waals surface area contributed by atoms with E-state index in [0.29, 0.717) is 59.8 Å². The lowest BCUT2D eigenvalue weighted by atomic mass is 9.83. The molecule has 0 heterocycles. The number of aliphatic hydroxyl groups is 4. The van der Waals surface area contributed by atoms with Crippen molar-refractivity contribution in [2.45, 2.75) is 445 Å². The zero-order valence-corrected chi connectivity index (χ0v) is 75.7. The van der Waals surface area contributed by atoms with Gasteiger partial charge in [-0.2, -0.15) is 0 Å². The largest absolute Gasteiger partial charge is 0.393 e. The van der Waals surface area contributed by atoms with Crippen LogP contribution in [-0.2, 0) is 19.2 Å². The van der Waals surface area contributed by atoms with E-state index in [2.05, 4.69) is 173 Å². The smallest absolute Gasteiger partial charge is 0.155 e. The van der Waals surface area contributed by atoms with Crippen molar-refractivity contribution in [3.05, 3.63) is 129 Å².